The van der Waals surface area contributed by atoms with Crippen molar-refractivity contribution in [2.45, 2.75) is 31.7 Å². The zero-order chi connectivity index (χ0) is 13.1. The van der Waals surface area contributed by atoms with Gasteiger partial charge in [0.15, 0.2) is 0 Å². The maximum absolute atomic E-state index is 11.1. The van der Waals surface area contributed by atoms with Crippen LogP contribution < -0.4 is 10.2 Å². The summed E-state index contributed by atoms with van der Waals surface area (Å²) in [5.74, 6) is 0.607. The van der Waals surface area contributed by atoms with Crippen molar-refractivity contribution >= 4 is 11.3 Å². The molecule has 0 fully saturated rings. The van der Waals surface area contributed by atoms with Crippen molar-refractivity contribution in [3.63, 3.8) is 0 Å². The minimum absolute atomic E-state index is 0.0276. The Hall–Kier alpha value is -1.39. The molecule has 4 heteroatoms. The highest BCUT2D eigenvalue weighted by molar-refractivity contribution is 7.07. The Kier molecular flexibility index (Phi) is 3.80. The summed E-state index contributed by atoms with van der Waals surface area (Å²) in [5.41, 5.74) is 3.99. The Morgan fingerprint density at radius 1 is 1.37 bits per heavy atom. The van der Waals surface area contributed by atoms with E-state index >= 15 is 0 Å². The van der Waals surface area contributed by atoms with Gasteiger partial charge in [-0.25, -0.2) is 0 Å². The number of aromatic nitrogens is 1. The van der Waals surface area contributed by atoms with Crippen molar-refractivity contribution < 1.29 is 0 Å². The number of nitrogens with one attached hydrogen (secondary N) is 2. The second-order valence-corrected chi connectivity index (χ2v) is 5.93. The third kappa shape index (κ3) is 2.96. The first kappa shape index (κ1) is 12.6. The number of rotatable bonds is 4. The molecule has 1 heterocycles. The summed E-state index contributed by atoms with van der Waals surface area (Å²) in [4.78, 5) is 13.9. The molecule has 1 aromatic carbocycles. The maximum Gasteiger partial charge on any atom is 0.304 e. The number of hydrogen-bond donors (Lipinski definition) is 2. The minimum Gasteiger partial charge on any atom is -0.315 e. The molecule has 1 unspecified atom stereocenters. The maximum atomic E-state index is 11.1. The molecule has 0 amide bonds. The molecule has 2 aromatic rings. The Morgan fingerprint density at radius 2 is 2.26 bits per heavy atom. The van der Waals surface area contributed by atoms with E-state index in [1.807, 2.05) is 5.38 Å². The monoisotopic (exact) mass is 274 g/mol. The van der Waals surface area contributed by atoms with Crippen LogP contribution in [0.2, 0.25) is 0 Å². The van der Waals surface area contributed by atoms with Crippen LogP contribution in [-0.4, -0.2) is 11.5 Å². The van der Waals surface area contributed by atoms with Crippen LogP contribution in [0.15, 0.2) is 34.4 Å². The Bertz CT molecular complexity index is 602. The molecule has 3 rings (SSSR count). The zero-order valence-corrected chi connectivity index (χ0v) is 11.6. The van der Waals surface area contributed by atoms with E-state index in [9.17, 15) is 4.79 Å². The molecule has 1 aromatic heterocycles. The van der Waals surface area contributed by atoms with Crippen molar-refractivity contribution in [3.05, 3.63) is 56.1 Å². The molecule has 0 radical (unpaired) electrons. The fraction of sp³-hybridized carbons (Fsp3) is 0.400. The average Bonchev–Trinajstić information content (AvgIpc) is 2.85. The van der Waals surface area contributed by atoms with Gasteiger partial charge in [0, 0.05) is 24.2 Å². The number of thiazole rings is 1. The molecule has 0 bridgehead atoms. The first-order chi connectivity index (χ1) is 9.33. The largest absolute Gasteiger partial charge is 0.315 e. The molecule has 3 nitrogen and oxygen atoms in total. The average molecular weight is 274 g/mol. The Balaban J connectivity index is 1.60. The number of aryl methyl sites for hydroxylation is 1. The van der Waals surface area contributed by atoms with Crippen LogP contribution in [0.3, 0.4) is 0 Å². The van der Waals surface area contributed by atoms with Gasteiger partial charge in [0.1, 0.15) is 0 Å². The molecular formula is C15H18N2OS. The van der Waals surface area contributed by atoms with Crippen LogP contribution in [-0.2, 0) is 13.0 Å². The molecule has 100 valence electrons. The quantitative estimate of drug-likeness (QED) is 0.900. The van der Waals surface area contributed by atoms with Crippen LogP contribution in [0.4, 0.5) is 0 Å². The molecule has 0 saturated carbocycles. The van der Waals surface area contributed by atoms with Crippen molar-refractivity contribution in [2.24, 2.45) is 0 Å². The Labute approximate surface area is 116 Å². The summed E-state index contributed by atoms with van der Waals surface area (Å²) in [7, 11) is 0. The third-order valence-electron chi connectivity index (χ3n) is 3.77. The predicted molar refractivity (Wildman–Crippen MR) is 78.8 cm³/mol. The van der Waals surface area contributed by atoms with Gasteiger partial charge in [-0.2, -0.15) is 0 Å². The van der Waals surface area contributed by atoms with Crippen molar-refractivity contribution in [2.75, 3.05) is 6.54 Å². The molecule has 2 N–H and O–H groups in total. The van der Waals surface area contributed by atoms with E-state index in [-0.39, 0.29) is 4.87 Å². The highest BCUT2D eigenvalue weighted by atomic mass is 32.1. The number of aromatic amines is 1. The van der Waals surface area contributed by atoms with Gasteiger partial charge in [-0.3, -0.25) is 4.79 Å². The van der Waals surface area contributed by atoms with Crippen LogP contribution in [0.5, 0.6) is 0 Å². The van der Waals surface area contributed by atoms with Gasteiger partial charge in [-0.1, -0.05) is 35.6 Å². The van der Waals surface area contributed by atoms with E-state index in [1.54, 1.807) is 0 Å². The van der Waals surface area contributed by atoms with Gasteiger partial charge in [0.05, 0.1) is 0 Å². The molecule has 1 aliphatic carbocycles. The number of benzene rings is 1. The van der Waals surface area contributed by atoms with E-state index in [2.05, 4.69) is 34.6 Å². The van der Waals surface area contributed by atoms with Gasteiger partial charge in [0.25, 0.3) is 0 Å². The highest BCUT2D eigenvalue weighted by Crippen LogP contribution is 2.30. The first-order valence-corrected chi connectivity index (χ1v) is 7.66. The van der Waals surface area contributed by atoms with Crippen LogP contribution in [0.1, 0.15) is 35.6 Å². The fourth-order valence-corrected chi connectivity index (χ4v) is 3.43. The normalized spacial score (nSPS) is 18.2. The zero-order valence-electron chi connectivity index (χ0n) is 10.8. The lowest BCUT2D eigenvalue weighted by Crippen LogP contribution is -2.24. The molecule has 0 aliphatic heterocycles. The minimum atomic E-state index is 0.0276. The molecule has 1 atom stereocenters. The lowest BCUT2D eigenvalue weighted by Gasteiger charge is -2.25. The van der Waals surface area contributed by atoms with Crippen molar-refractivity contribution in [3.8, 4) is 0 Å². The van der Waals surface area contributed by atoms with E-state index in [0.717, 1.165) is 18.8 Å². The van der Waals surface area contributed by atoms with Gasteiger partial charge in [0.2, 0.25) is 0 Å². The van der Waals surface area contributed by atoms with Gasteiger partial charge >= 0.3 is 4.87 Å². The van der Waals surface area contributed by atoms with E-state index in [4.69, 9.17) is 0 Å². The van der Waals surface area contributed by atoms with Crippen LogP contribution >= 0.6 is 11.3 Å². The lowest BCUT2D eigenvalue weighted by molar-refractivity contribution is 0.505. The Morgan fingerprint density at radius 3 is 3.11 bits per heavy atom. The summed E-state index contributed by atoms with van der Waals surface area (Å²) < 4.78 is 0. The summed E-state index contributed by atoms with van der Waals surface area (Å²) >= 11 is 1.23. The topological polar surface area (TPSA) is 44.9 Å². The summed E-state index contributed by atoms with van der Waals surface area (Å²) in [6.45, 7) is 1.73. The summed E-state index contributed by atoms with van der Waals surface area (Å²) in [6, 6.07) is 8.77. The molecular weight excluding hydrogens is 256 g/mol. The summed E-state index contributed by atoms with van der Waals surface area (Å²) in [5, 5.41) is 5.36. The smallest absolute Gasteiger partial charge is 0.304 e. The van der Waals surface area contributed by atoms with Crippen molar-refractivity contribution in [1.82, 2.24) is 10.3 Å². The predicted octanol–water partition coefficient (Wildman–Crippen LogP) is 2.65. The SMILES string of the molecule is O=c1[nH]c(CNCC2CCCc3ccccc32)cs1. The standard InChI is InChI=1S/C15H18N2OS/c18-15-17-13(10-19-15)9-16-8-12-6-3-5-11-4-1-2-7-14(11)12/h1-2,4,7,10,12,16H,3,5-6,8-9H2,(H,17,18). The second-order valence-electron chi connectivity index (χ2n) is 5.09. The number of fused-ring (bicyclic) bond motifs is 1. The first-order valence-electron chi connectivity index (χ1n) is 6.78. The van der Waals surface area contributed by atoms with Crippen LogP contribution in [0, 0.1) is 0 Å². The molecule has 0 saturated heterocycles. The molecule has 1 aliphatic rings. The van der Waals surface area contributed by atoms with E-state index in [0.29, 0.717) is 5.92 Å². The van der Waals surface area contributed by atoms with Gasteiger partial charge < -0.3 is 10.3 Å². The highest BCUT2D eigenvalue weighted by Gasteiger charge is 2.19. The molecule has 19 heavy (non-hydrogen) atoms. The summed E-state index contributed by atoms with van der Waals surface area (Å²) in [6.07, 6.45) is 3.74. The van der Waals surface area contributed by atoms with E-state index in [1.165, 1.54) is 41.7 Å². The van der Waals surface area contributed by atoms with Crippen LogP contribution in [0.25, 0.3) is 0 Å². The van der Waals surface area contributed by atoms with Gasteiger partial charge in [-0.15, -0.1) is 0 Å². The number of H-pyrrole nitrogens is 1. The van der Waals surface area contributed by atoms with E-state index < -0.39 is 0 Å². The number of hydrogen-bond acceptors (Lipinski definition) is 3. The third-order valence-corrected chi connectivity index (χ3v) is 4.49. The van der Waals surface area contributed by atoms with Crippen molar-refractivity contribution in [1.29, 1.82) is 0 Å². The fourth-order valence-electron chi connectivity index (χ4n) is 2.85. The molecule has 0 spiro atoms. The lowest BCUT2D eigenvalue weighted by atomic mass is 9.83. The van der Waals surface area contributed by atoms with Gasteiger partial charge in [-0.05, 0) is 36.3 Å². The second kappa shape index (κ2) is 5.72.